The molecule has 0 saturated heterocycles. The number of benzene rings is 1. The van der Waals surface area contributed by atoms with Crippen LogP contribution in [0.4, 0.5) is 0 Å². The zero-order valence-corrected chi connectivity index (χ0v) is 10.6. The lowest BCUT2D eigenvalue weighted by atomic mass is 9.89. The number of rotatable bonds is 0. The van der Waals surface area contributed by atoms with Crippen molar-refractivity contribution in [3.05, 3.63) is 51.3 Å². The van der Waals surface area contributed by atoms with Crippen LogP contribution in [0.25, 0.3) is 24.3 Å². The van der Waals surface area contributed by atoms with Gasteiger partial charge in [0.1, 0.15) is 0 Å². The van der Waals surface area contributed by atoms with E-state index in [0.717, 1.165) is 0 Å². The SMILES string of the molecule is CC1=Cc2cc3c(c(C)c2=C[CH]1)C=CC(C)C=3. The molecule has 1 aromatic rings. The van der Waals surface area contributed by atoms with Gasteiger partial charge >= 0.3 is 0 Å². The van der Waals surface area contributed by atoms with Gasteiger partial charge in [0, 0.05) is 6.42 Å². The molecule has 1 radical (unpaired) electrons. The molecule has 1 atom stereocenters. The minimum atomic E-state index is 0.546. The van der Waals surface area contributed by atoms with Crippen molar-refractivity contribution >= 4 is 24.3 Å². The molecule has 0 fully saturated rings. The van der Waals surface area contributed by atoms with Crippen LogP contribution in [0.3, 0.4) is 0 Å². The minimum absolute atomic E-state index is 0.546. The lowest BCUT2D eigenvalue weighted by Crippen LogP contribution is -2.24. The maximum absolute atomic E-state index is 2.35. The first kappa shape index (κ1) is 10.6. The third-order valence-corrected chi connectivity index (χ3v) is 3.65. The largest absolute Gasteiger partial charge is 0.0772 e. The molecule has 0 aliphatic heterocycles. The Kier molecular flexibility index (Phi) is 2.32. The van der Waals surface area contributed by atoms with Gasteiger partial charge < -0.3 is 0 Å². The van der Waals surface area contributed by atoms with Gasteiger partial charge in [0.25, 0.3) is 0 Å². The van der Waals surface area contributed by atoms with Gasteiger partial charge in [0.2, 0.25) is 0 Å². The molecule has 2 aliphatic rings. The van der Waals surface area contributed by atoms with E-state index in [1.807, 2.05) is 0 Å². The predicted molar refractivity (Wildman–Crippen MR) is 75.5 cm³/mol. The summed E-state index contributed by atoms with van der Waals surface area (Å²) in [7, 11) is 0. The molecule has 1 aromatic carbocycles. The Bertz CT molecular complexity index is 654. The quantitative estimate of drug-likeness (QED) is 0.632. The van der Waals surface area contributed by atoms with Crippen molar-refractivity contribution in [3.63, 3.8) is 0 Å². The van der Waals surface area contributed by atoms with E-state index in [1.54, 1.807) is 0 Å². The summed E-state index contributed by atoms with van der Waals surface area (Å²) in [5, 5.41) is 2.76. The van der Waals surface area contributed by atoms with E-state index < -0.39 is 0 Å². The second kappa shape index (κ2) is 3.73. The molecule has 0 heterocycles. The Morgan fingerprint density at radius 3 is 2.82 bits per heavy atom. The first-order valence-electron chi connectivity index (χ1n) is 6.22. The molecule has 85 valence electrons. The van der Waals surface area contributed by atoms with Gasteiger partial charge in [-0.2, -0.15) is 0 Å². The Balaban J connectivity index is 2.38. The Hall–Kier alpha value is -1.56. The fourth-order valence-corrected chi connectivity index (χ4v) is 2.70. The summed E-state index contributed by atoms with van der Waals surface area (Å²) in [5.74, 6) is 0.546. The second-order valence-corrected chi connectivity index (χ2v) is 5.11. The topological polar surface area (TPSA) is 0 Å². The zero-order valence-electron chi connectivity index (χ0n) is 10.6. The van der Waals surface area contributed by atoms with E-state index in [1.165, 1.54) is 32.7 Å². The average Bonchev–Trinajstić information content (AvgIpc) is 2.28. The number of allylic oxidation sites excluding steroid dienone is 2. The summed E-state index contributed by atoms with van der Waals surface area (Å²) in [5.41, 5.74) is 5.48. The van der Waals surface area contributed by atoms with Crippen molar-refractivity contribution in [1.29, 1.82) is 0 Å². The number of hydrogen-bond donors (Lipinski definition) is 0. The van der Waals surface area contributed by atoms with Crippen LogP contribution in [0, 0.1) is 19.3 Å². The highest BCUT2D eigenvalue weighted by Crippen LogP contribution is 2.16. The van der Waals surface area contributed by atoms with E-state index >= 15 is 0 Å². The Morgan fingerprint density at radius 2 is 2.00 bits per heavy atom. The lowest BCUT2D eigenvalue weighted by Gasteiger charge is -2.15. The highest BCUT2D eigenvalue weighted by atomic mass is 14.1. The summed E-state index contributed by atoms with van der Waals surface area (Å²) >= 11 is 0. The Labute approximate surface area is 103 Å². The summed E-state index contributed by atoms with van der Waals surface area (Å²) in [4.78, 5) is 0. The van der Waals surface area contributed by atoms with Gasteiger partial charge in [-0.3, -0.25) is 0 Å². The highest BCUT2D eigenvalue weighted by molar-refractivity contribution is 5.72. The van der Waals surface area contributed by atoms with E-state index in [-0.39, 0.29) is 0 Å². The lowest BCUT2D eigenvalue weighted by molar-refractivity contribution is 0.991. The molecular formula is C17H17. The van der Waals surface area contributed by atoms with Gasteiger partial charge in [-0.25, -0.2) is 0 Å². The van der Waals surface area contributed by atoms with Crippen molar-refractivity contribution in [2.75, 3.05) is 0 Å². The van der Waals surface area contributed by atoms with Crippen LogP contribution in [-0.2, 0) is 0 Å². The van der Waals surface area contributed by atoms with Gasteiger partial charge in [0.15, 0.2) is 0 Å². The second-order valence-electron chi connectivity index (χ2n) is 5.11. The molecule has 0 bridgehead atoms. The normalized spacial score (nSPS) is 20.9. The summed E-state index contributed by atoms with van der Waals surface area (Å²) in [6, 6.07) is 2.32. The molecule has 0 N–H and O–H groups in total. The average molecular weight is 221 g/mol. The minimum Gasteiger partial charge on any atom is -0.0772 e. The molecule has 2 aliphatic carbocycles. The van der Waals surface area contributed by atoms with Crippen LogP contribution < -0.4 is 10.4 Å². The summed E-state index contributed by atoms with van der Waals surface area (Å²) in [6.45, 7) is 6.61. The van der Waals surface area contributed by atoms with Crippen molar-refractivity contribution in [2.24, 2.45) is 5.92 Å². The van der Waals surface area contributed by atoms with Crippen molar-refractivity contribution < 1.29 is 0 Å². The van der Waals surface area contributed by atoms with Gasteiger partial charge in [-0.05, 0) is 53.0 Å². The monoisotopic (exact) mass is 221 g/mol. The Morgan fingerprint density at radius 1 is 1.18 bits per heavy atom. The zero-order chi connectivity index (χ0) is 12.0. The van der Waals surface area contributed by atoms with Crippen LogP contribution >= 0.6 is 0 Å². The van der Waals surface area contributed by atoms with Crippen LogP contribution in [0.5, 0.6) is 0 Å². The molecular weight excluding hydrogens is 204 g/mol. The molecule has 0 heteroatoms. The van der Waals surface area contributed by atoms with Crippen LogP contribution in [-0.4, -0.2) is 0 Å². The standard InChI is InChI=1S/C17H17/c1-11-4-6-16-13(3)17-7-5-12(2)9-15(17)10-14(16)8-11/h4-11H,1-3H3. The number of hydrogen-bond acceptors (Lipinski definition) is 0. The van der Waals surface area contributed by atoms with E-state index in [0.29, 0.717) is 5.92 Å². The third kappa shape index (κ3) is 1.68. The summed E-state index contributed by atoms with van der Waals surface area (Å²) < 4.78 is 0. The van der Waals surface area contributed by atoms with E-state index in [2.05, 4.69) is 63.6 Å². The fraction of sp³-hybridized carbons (Fsp3) is 0.235. The molecule has 17 heavy (non-hydrogen) atoms. The molecule has 1 unspecified atom stereocenters. The summed E-state index contributed by atoms with van der Waals surface area (Å²) in [6.07, 6.45) is 13.6. The van der Waals surface area contributed by atoms with Crippen LogP contribution in [0.15, 0.2) is 17.7 Å². The first-order valence-corrected chi connectivity index (χ1v) is 6.22. The molecule has 0 saturated carbocycles. The van der Waals surface area contributed by atoms with Crippen molar-refractivity contribution in [1.82, 2.24) is 0 Å². The van der Waals surface area contributed by atoms with E-state index in [9.17, 15) is 0 Å². The third-order valence-electron chi connectivity index (χ3n) is 3.65. The van der Waals surface area contributed by atoms with Crippen molar-refractivity contribution in [3.8, 4) is 0 Å². The number of fused-ring (bicyclic) bond motifs is 2. The molecule has 0 nitrogen and oxygen atoms in total. The van der Waals surface area contributed by atoms with Gasteiger partial charge in [-0.15, -0.1) is 0 Å². The van der Waals surface area contributed by atoms with Crippen LogP contribution in [0.1, 0.15) is 30.5 Å². The predicted octanol–water partition coefficient (Wildman–Crippen LogP) is 2.84. The highest BCUT2D eigenvalue weighted by Gasteiger charge is 2.10. The van der Waals surface area contributed by atoms with Crippen LogP contribution in [0.2, 0.25) is 0 Å². The van der Waals surface area contributed by atoms with Crippen molar-refractivity contribution in [2.45, 2.75) is 20.8 Å². The van der Waals surface area contributed by atoms with Gasteiger partial charge in [-0.1, -0.05) is 42.9 Å². The molecule has 0 spiro atoms. The first-order chi connectivity index (χ1) is 8.15. The van der Waals surface area contributed by atoms with E-state index in [4.69, 9.17) is 0 Å². The smallest absolute Gasteiger partial charge is 0.00872 e. The maximum Gasteiger partial charge on any atom is 0.00872 e. The molecule has 0 amide bonds. The fourth-order valence-electron chi connectivity index (χ4n) is 2.70. The van der Waals surface area contributed by atoms with Gasteiger partial charge in [0.05, 0.1) is 0 Å². The molecule has 0 aromatic heterocycles. The maximum atomic E-state index is 2.35. The molecule has 3 rings (SSSR count).